The van der Waals surface area contributed by atoms with Crippen LogP contribution in [-0.2, 0) is 18.3 Å². The number of imidazole rings is 1. The zero-order chi connectivity index (χ0) is 13.7. The molecule has 1 fully saturated rings. The van der Waals surface area contributed by atoms with Crippen LogP contribution in [0.5, 0.6) is 0 Å². The maximum Gasteiger partial charge on any atom is 0.304 e. The van der Waals surface area contributed by atoms with Crippen LogP contribution in [0.15, 0.2) is 12.4 Å². The Morgan fingerprint density at radius 1 is 1.26 bits per heavy atom. The van der Waals surface area contributed by atoms with Gasteiger partial charge in [-0.1, -0.05) is 0 Å². The van der Waals surface area contributed by atoms with Crippen molar-refractivity contribution in [3.63, 3.8) is 0 Å². The SMILES string of the molecule is Cn1ccnc1CCN1CCN(CCC(=O)O)CC1. The summed E-state index contributed by atoms with van der Waals surface area (Å²) in [5, 5.41) is 8.67. The highest BCUT2D eigenvalue weighted by Gasteiger charge is 2.17. The van der Waals surface area contributed by atoms with Crippen LogP contribution in [0, 0.1) is 0 Å². The molecule has 0 saturated carbocycles. The number of carbonyl (C=O) groups is 1. The van der Waals surface area contributed by atoms with Gasteiger partial charge in [-0.25, -0.2) is 4.98 Å². The van der Waals surface area contributed by atoms with Crippen molar-refractivity contribution in [2.45, 2.75) is 12.8 Å². The Bertz CT molecular complexity index is 411. The molecule has 19 heavy (non-hydrogen) atoms. The lowest BCUT2D eigenvalue weighted by Gasteiger charge is -2.34. The molecular formula is C13H22N4O2. The lowest BCUT2D eigenvalue weighted by Crippen LogP contribution is -2.47. The highest BCUT2D eigenvalue weighted by Crippen LogP contribution is 2.04. The first kappa shape index (κ1) is 14.0. The second-order valence-electron chi connectivity index (χ2n) is 5.03. The Balaban J connectivity index is 1.66. The largest absolute Gasteiger partial charge is 0.481 e. The summed E-state index contributed by atoms with van der Waals surface area (Å²) in [6.45, 7) is 5.66. The van der Waals surface area contributed by atoms with Crippen LogP contribution in [0.3, 0.4) is 0 Å². The van der Waals surface area contributed by atoms with Crippen molar-refractivity contribution in [1.29, 1.82) is 0 Å². The van der Waals surface area contributed by atoms with Crippen LogP contribution in [0.25, 0.3) is 0 Å². The number of rotatable bonds is 6. The fraction of sp³-hybridized carbons (Fsp3) is 0.692. The zero-order valence-electron chi connectivity index (χ0n) is 11.5. The average molecular weight is 266 g/mol. The van der Waals surface area contributed by atoms with Gasteiger partial charge in [-0.3, -0.25) is 4.79 Å². The molecule has 0 aromatic carbocycles. The molecule has 106 valence electrons. The van der Waals surface area contributed by atoms with Crippen molar-refractivity contribution >= 4 is 5.97 Å². The van der Waals surface area contributed by atoms with Crippen LogP contribution in [0.4, 0.5) is 0 Å². The normalized spacial score (nSPS) is 17.7. The first-order chi connectivity index (χ1) is 9.15. The predicted molar refractivity (Wildman–Crippen MR) is 72.0 cm³/mol. The molecular weight excluding hydrogens is 244 g/mol. The number of hydrogen-bond donors (Lipinski definition) is 1. The van der Waals surface area contributed by atoms with E-state index in [0.29, 0.717) is 6.54 Å². The van der Waals surface area contributed by atoms with Gasteiger partial charge in [0.05, 0.1) is 6.42 Å². The van der Waals surface area contributed by atoms with Crippen molar-refractivity contribution in [1.82, 2.24) is 19.4 Å². The third kappa shape index (κ3) is 4.33. The quantitative estimate of drug-likeness (QED) is 0.788. The Morgan fingerprint density at radius 2 is 1.89 bits per heavy atom. The summed E-state index contributed by atoms with van der Waals surface area (Å²) in [6.07, 6.45) is 5.02. The van der Waals surface area contributed by atoms with Gasteiger partial charge in [0.25, 0.3) is 0 Å². The number of aromatic nitrogens is 2. The van der Waals surface area contributed by atoms with E-state index in [4.69, 9.17) is 5.11 Å². The molecule has 6 heteroatoms. The number of carboxylic acids is 1. The minimum atomic E-state index is -0.711. The van der Waals surface area contributed by atoms with E-state index in [2.05, 4.69) is 19.4 Å². The second kappa shape index (κ2) is 6.68. The molecule has 0 unspecified atom stereocenters. The number of aliphatic carboxylic acids is 1. The molecule has 0 spiro atoms. The van der Waals surface area contributed by atoms with Crippen LogP contribution in [0.2, 0.25) is 0 Å². The number of hydrogen-bond acceptors (Lipinski definition) is 4. The monoisotopic (exact) mass is 266 g/mol. The van der Waals surface area contributed by atoms with E-state index in [1.54, 1.807) is 0 Å². The standard InChI is InChI=1S/C13H22N4O2/c1-15-7-4-14-12(15)2-5-16-8-10-17(11-9-16)6-3-13(18)19/h4,7H,2-3,5-6,8-11H2,1H3,(H,18,19). The predicted octanol–water partition coefficient (Wildman–Crippen LogP) is 0.0549. The number of carboxylic acid groups (broad SMARTS) is 1. The van der Waals surface area contributed by atoms with Crippen molar-refractivity contribution in [2.24, 2.45) is 7.05 Å². The van der Waals surface area contributed by atoms with Gasteiger partial charge in [0.1, 0.15) is 5.82 Å². The number of aryl methyl sites for hydroxylation is 1. The summed E-state index contributed by atoms with van der Waals surface area (Å²) in [4.78, 5) is 19.5. The fourth-order valence-corrected chi connectivity index (χ4v) is 2.39. The lowest BCUT2D eigenvalue weighted by atomic mass is 10.2. The molecule has 0 radical (unpaired) electrons. The summed E-state index contributed by atoms with van der Waals surface area (Å²) in [6, 6.07) is 0. The van der Waals surface area contributed by atoms with Crippen LogP contribution in [-0.4, -0.2) is 69.7 Å². The van der Waals surface area contributed by atoms with Gasteiger partial charge in [0.2, 0.25) is 0 Å². The number of piperazine rings is 1. The van der Waals surface area contributed by atoms with E-state index >= 15 is 0 Å². The summed E-state index contributed by atoms with van der Waals surface area (Å²) in [5.41, 5.74) is 0. The van der Waals surface area contributed by atoms with Crippen molar-refractivity contribution in [2.75, 3.05) is 39.3 Å². The van der Waals surface area contributed by atoms with E-state index in [-0.39, 0.29) is 6.42 Å². The van der Waals surface area contributed by atoms with Crippen LogP contribution < -0.4 is 0 Å². The first-order valence-electron chi connectivity index (χ1n) is 6.78. The second-order valence-corrected chi connectivity index (χ2v) is 5.03. The van der Waals surface area contributed by atoms with Crippen LogP contribution in [0.1, 0.15) is 12.2 Å². The van der Waals surface area contributed by atoms with Crippen molar-refractivity contribution in [3.05, 3.63) is 18.2 Å². The molecule has 2 rings (SSSR count). The Hall–Kier alpha value is -1.40. The molecule has 0 amide bonds. The minimum Gasteiger partial charge on any atom is -0.481 e. The molecule has 1 aromatic rings. The maximum absolute atomic E-state index is 10.5. The molecule has 0 aliphatic carbocycles. The third-order valence-corrected chi connectivity index (χ3v) is 3.68. The van der Waals surface area contributed by atoms with Crippen LogP contribution >= 0.6 is 0 Å². The van der Waals surface area contributed by atoms with E-state index in [0.717, 1.165) is 45.0 Å². The van der Waals surface area contributed by atoms with Crippen molar-refractivity contribution < 1.29 is 9.90 Å². The smallest absolute Gasteiger partial charge is 0.304 e. The third-order valence-electron chi connectivity index (χ3n) is 3.68. The molecule has 0 atom stereocenters. The minimum absolute atomic E-state index is 0.243. The molecule has 1 N–H and O–H groups in total. The van der Waals surface area contributed by atoms with Gasteiger partial charge in [-0.2, -0.15) is 0 Å². The van der Waals surface area contributed by atoms with Gasteiger partial charge in [-0.15, -0.1) is 0 Å². The van der Waals surface area contributed by atoms with Gasteiger partial charge in [0.15, 0.2) is 0 Å². The van der Waals surface area contributed by atoms with Crippen molar-refractivity contribution in [3.8, 4) is 0 Å². The summed E-state index contributed by atoms with van der Waals surface area (Å²) in [7, 11) is 2.02. The average Bonchev–Trinajstić information content (AvgIpc) is 2.81. The Morgan fingerprint density at radius 3 is 2.42 bits per heavy atom. The zero-order valence-corrected chi connectivity index (χ0v) is 11.5. The van der Waals surface area contributed by atoms with E-state index < -0.39 is 5.97 Å². The van der Waals surface area contributed by atoms with E-state index in [1.165, 1.54) is 0 Å². The van der Waals surface area contributed by atoms with Gasteiger partial charge < -0.3 is 19.5 Å². The molecule has 2 heterocycles. The topological polar surface area (TPSA) is 61.6 Å². The van der Waals surface area contributed by atoms with Gasteiger partial charge >= 0.3 is 5.97 Å². The van der Waals surface area contributed by atoms with Gasteiger partial charge in [0, 0.05) is 65.1 Å². The highest BCUT2D eigenvalue weighted by atomic mass is 16.4. The van der Waals surface area contributed by atoms with Gasteiger partial charge in [-0.05, 0) is 0 Å². The lowest BCUT2D eigenvalue weighted by molar-refractivity contribution is -0.137. The number of nitrogens with zero attached hydrogens (tertiary/aromatic N) is 4. The van der Waals surface area contributed by atoms with E-state index in [9.17, 15) is 4.79 Å². The Kier molecular flexibility index (Phi) is 4.93. The summed E-state index contributed by atoms with van der Waals surface area (Å²) >= 11 is 0. The Labute approximate surface area is 113 Å². The fourth-order valence-electron chi connectivity index (χ4n) is 2.39. The summed E-state index contributed by atoms with van der Waals surface area (Å²) < 4.78 is 2.06. The molecule has 0 bridgehead atoms. The molecule has 1 aliphatic heterocycles. The maximum atomic E-state index is 10.5. The highest BCUT2D eigenvalue weighted by molar-refractivity contribution is 5.66. The van der Waals surface area contributed by atoms with E-state index in [1.807, 2.05) is 19.4 Å². The molecule has 1 aromatic heterocycles. The molecule has 6 nitrogen and oxygen atoms in total. The molecule has 1 aliphatic rings. The first-order valence-corrected chi connectivity index (χ1v) is 6.78. The summed E-state index contributed by atoms with van der Waals surface area (Å²) in [5.74, 6) is 0.408. The molecule has 1 saturated heterocycles.